The number of hydrogen-bond donors (Lipinski definition) is 1. The number of aryl methyl sites for hydroxylation is 1. The fourth-order valence-electron chi connectivity index (χ4n) is 3.68. The Labute approximate surface area is 191 Å². The molecule has 0 saturated heterocycles. The van der Waals surface area contributed by atoms with E-state index in [0.29, 0.717) is 24.7 Å². The number of methoxy groups -OCH3 is 1. The SMILES string of the molecule is CCCC(O)CN(Cc1c(C)nn(-c2ccccc2)c1Oc1ccc(OC)cc1)C(C)C. The van der Waals surface area contributed by atoms with Gasteiger partial charge >= 0.3 is 0 Å². The van der Waals surface area contributed by atoms with Crippen LogP contribution in [0, 0.1) is 6.92 Å². The van der Waals surface area contributed by atoms with Gasteiger partial charge in [-0.25, -0.2) is 4.68 Å². The van der Waals surface area contributed by atoms with Crippen molar-refractivity contribution in [2.45, 2.75) is 59.2 Å². The zero-order valence-electron chi connectivity index (χ0n) is 19.8. The molecular weight excluding hydrogens is 402 g/mol. The van der Waals surface area contributed by atoms with E-state index in [9.17, 15) is 5.11 Å². The molecule has 1 N–H and O–H groups in total. The first-order valence-electron chi connectivity index (χ1n) is 11.3. The molecule has 3 aromatic rings. The second kappa shape index (κ2) is 11.2. The molecule has 3 rings (SSSR count). The Hall–Kier alpha value is -2.83. The lowest BCUT2D eigenvalue weighted by Gasteiger charge is -2.29. The van der Waals surface area contributed by atoms with Crippen LogP contribution in [0.25, 0.3) is 5.69 Å². The molecule has 172 valence electrons. The van der Waals surface area contributed by atoms with E-state index in [1.54, 1.807) is 7.11 Å². The minimum absolute atomic E-state index is 0.273. The summed E-state index contributed by atoms with van der Waals surface area (Å²) in [6, 6.07) is 17.8. The predicted octanol–water partition coefficient (Wildman–Crippen LogP) is 5.35. The highest BCUT2D eigenvalue weighted by atomic mass is 16.5. The van der Waals surface area contributed by atoms with E-state index in [1.165, 1.54) is 0 Å². The van der Waals surface area contributed by atoms with Crippen LogP contribution in [-0.2, 0) is 6.54 Å². The highest BCUT2D eigenvalue weighted by molar-refractivity contribution is 5.44. The molecule has 0 saturated carbocycles. The maximum absolute atomic E-state index is 10.4. The van der Waals surface area contributed by atoms with Gasteiger partial charge in [0.25, 0.3) is 0 Å². The fraction of sp³-hybridized carbons (Fsp3) is 0.423. The average Bonchev–Trinajstić information content (AvgIpc) is 3.09. The Morgan fingerprint density at radius 3 is 2.28 bits per heavy atom. The third-order valence-corrected chi connectivity index (χ3v) is 5.57. The Balaban J connectivity index is 1.99. The molecule has 0 amide bonds. The first-order valence-corrected chi connectivity index (χ1v) is 11.3. The first kappa shape index (κ1) is 23.8. The number of hydrogen-bond acceptors (Lipinski definition) is 5. The summed E-state index contributed by atoms with van der Waals surface area (Å²) in [5.74, 6) is 2.18. The molecule has 0 bridgehead atoms. The molecule has 6 nitrogen and oxygen atoms in total. The monoisotopic (exact) mass is 437 g/mol. The first-order chi connectivity index (χ1) is 15.4. The molecule has 0 spiro atoms. The van der Waals surface area contributed by atoms with Gasteiger partial charge in [0.1, 0.15) is 11.5 Å². The number of aliphatic hydroxyl groups excluding tert-OH is 1. The zero-order chi connectivity index (χ0) is 23.1. The van der Waals surface area contributed by atoms with E-state index in [4.69, 9.17) is 14.6 Å². The van der Waals surface area contributed by atoms with E-state index < -0.39 is 0 Å². The molecule has 0 aliphatic rings. The molecule has 1 heterocycles. The topological polar surface area (TPSA) is 59.8 Å². The van der Waals surface area contributed by atoms with Gasteiger partial charge in [-0.1, -0.05) is 31.5 Å². The van der Waals surface area contributed by atoms with Crippen LogP contribution in [0.4, 0.5) is 0 Å². The number of ether oxygens (including phenoxy) is 2. The van der Waals surface area contributed by atoms with Crippen LogP contribution >= 0.6 is 0 Å². The van der Waals surface area contributed by atoms with Crippen LogP contribution in [0.2, 0.25) is 0 Å². The number of aliphatic hydroxyl groups is 1. The van der Waals surface area contributed by atoms with Crippen LogP contribution in [0.5, 0.6) is 17.4 Å². The maximum atomic E-state index is 10.4. The molecule has 0 fully saturated rings. The summed E-state index contributed by atoms with van der Waals surface area (Å²) in [5, 5.41) is 15.3. The normalized spacial score (nSPS) is 12.4. The van der Waals surface area contributed by atoms with E-state index in [1.807, 2.05) is 66.2 Å². The molecule has 32 heavy (non-hydrogen) atoms. The van der Waals surface area contributed by atoms with Crippen molar-refractivity contribution < 1.29 is 14.6 Å². The van der Waals surface area contributed by atoms with E-state index >= 15 is 0 Å². The second-order valence-electron chi connectivity index (χ2n) is 8.36. The molecule has 0 aliphatic carbocycles. The third-order valence-electron chi connectivity index (χ3n) is 5.57. The standard InChI is InChI=1S/C26H35N3O3/c1-6-10-22(30)17-28(19(2)3)18-25-20(4)27-29(21-11-8-7-9-12-21)26(25)32-24-15-13-23(31-5)14-16-24/h7-9,11-16,19,22,30H,6,10,17-18H2,1-5H3. The van der Waals surface area contributed by atoms with Gasteiger partial charge < -0.3 is 14.6 Å². The van der Waals surface area contributed by atoms with E-state index in [0.717, 1.165) is 35.5 Å². The number of para-hydroxylation sites is 1. The summed E-state index contributed by atoms with van der Waals surface area (Å²) in [6.07, 6.45) is 1.41. The number of aromatic nitrogens is 2. The van der Waals surface area contributed by atoms with Crippen molar-refractivity contribution in [3.8, 4) is 23.1 Å². The maximum Gasteiger partial charge on any atom is 0.227 e. The van der Waals surface area contributed by atoms with Gasteiger partial charge in [-0.3, -0.25) is 4.90 Å². The van der Waals surface area contributed by atoms with Crippen LogP contribution in [-0.4, -0.2) is 45.6 Å². The van der Waals surface area contributed by atoms with Gasteiger partial charge in [-0.15, -0.1) is 0 Å². The number of nitrogens with zero attached hydrogens (tertiary/aromatic N) is 3. The zero-order valence-corrected chi connectivity index (χ0v) is 19.8. The lowest BCUT2D eigenvalue weighted by atomic mass is 10.1. The molecule has 2 aromatic carbocycles. The number of benzene rings is 2. The highest BCUT2D eigenvalue weighted by Crippen LogP contribution is 2.32. The van der Waals surface area contributed by atoms with Gasteiger partial charge in [-0.2, -0.15) is 5.10 Å². The Bertz CT molecular complexity index is 968. The quantitative estimate of drug-likeness (QED) is 0.438. The molecule has 6 heteroatoms. The summed E-state index contributed by atoms with van der Waals surface area (Å²) in [6.45, 7) is 9.67. The second-order valence-corrected chi connectivity index (χ2v) is 8.36. The summed E-state index contributed by atoms with van der Waals surface area (Å²) < 4.78 is 13.5. The average molecular weight is 438 g/mol. The van der Waals surface area contributed by atoms with Gasteiger partial charge in [0, 0.05) is 19.1 Å². The Kier molecular flexibility index (Phi) is 8.31. The summed E-state index contributed by atoms with van der Waals surface area (Å²) in [4.78, 5) is 2.28. The molecule has 1 aromatic heterocycles. The van der Waals surface area contributed by atoms with Crippen molar-refractivity contribution in [2.24, 2.45) is 0 Å². The molecule has 0 aliphatic heterocycles. The van der Waals surface area contributed by atoms with Crippen molar-refractivity contribution in [2.75, 3.05) is 13.7 Å². The van der Waals surface area contributed by atoms with Crippen molar-refractivity contribution in [3.05, 3.63) is 65.9 Å². The van der Waals surface area contributed by atoms with Crippen molar-refractivity contribution in [1.82, 2.24) is 14.7 Å². The van der Waals surface area contributed by atoms with Crippen LogP contribution in [0.1, 0.15) is 44.9 Å². The molecule has 1 unspecified atom stereocenters. The predicted molar refractivity (Wildman–Crippen MR) is 128 cm³/mol. The highest BCUT2D eigenvalue weighted by Gasteiger charge is 2.23. The summed E-state index contributed by atoms with van der Waals surface area (Å²) >= 11 is 0. The van der Waals surface area contributed by atoms with Crippen LogP contribution in [0.15, 0.2) is 54.6 Å². The number of rotatable bonds is 11. The van der Waals surface area contributed by atoms with Gasteiger partial charge in [0.15, 0.2) is 0 Å². The summed E-state index contributed by atoms with van der Waals surface area (Å²) in [7, 11) is 1.65. The molecule has 0 radical (unpaired) electrons. The van der Waals surface area contributed by atoms with Gasteiger partial charge in [-0.05, 0) is 63.6 Å². The van der Waals surface area contributed by atoms with Gasteiger partial charge in [0.05, 0.1) is 30.2 Å². The smallest absolute Gasteiger partial charge is 0.227 e. The van der Waals surface area contributed by atoms with Crippen molar-refractivity contribution >= 4 is 0 Å². The Morgan fingerprint density at radius 1 is 1.03 bits per heavy atom. The lowest BCUT2D eigenvalue weighted by molar-refractivity contribution is 0.0837. The van der Waals surface area contributed by atoms with Crippen molar-refractivity contribution in [3.63, 3.8) is 0 Å². The third kappa shape index (κ3) is 5.90. The lowest BCUT2D eigenvalue weighted by Crippen LogP contribution is -2.37. The van der Waals surface area contributed by atoms with E-state index in [2.05, 4.69) is 25.7 Å². The minimum atomic E-state index is -0.349. The minimum Gasteiger partial charge on any atom is -0.497 e. The van der Waals surface area contributed by atoms with Crippen molar-refractivity contribution in [1.29, 1.82) is 0 Å². The van der Waals surface area contributed by atoms with Crippen LogP contribution < -0.4 is 9.47 Å². The largest absolute Gasteiger partial charge is 0.497 e. The molecule has 1 atom stereocenters. The van der Waals surface area contributed by atoms with E-state index in [-0.39, 0.29) is 12.1 Å². The Morgan fingerprint density at radius 2 is 1.69 bits per heavy atom. The fourth-order valence-corrected chi connectivity index (χ4v) is 3.68. The molecular formula is C26H35N3O3. The van der Waals surface area contributed by atoms with Gasteiger partial charge in [0.2, 0.25) is 5.88 Å². The summed E-state index contributed by atoms with van der Waals surface area (Å²) in [5.41, 5.74) is 2.86. The van der Waals surface area contributed by atoms with Crippen LogP contribution in [0.3, 0.4) is 0 Å².